The number of benzene rings is 3. The third kappa shape index (κ3) is 4.58. The maximum atomic E-state index is 13.2. The lowest BCUT2D eigenvalue weighted by Gasteiger charge is -2.34. The molecule has 1 atom stereocenters. The van der Waals surface area contributed by atoms with Crippen molar-refractivity contribution in [2.24, 2.45) is 0 Å². The van der Waals surface area contributed by atoms with Crippen LogP contribution in [0.1, 0.15) is 29.3 Å². The van der Waals surface area contributed by atoms with Gasteiger partial charge in [0.1, 0.15) is 0 Å². The number of carbonyl (C=O) groups is 1. The van der Waals surface area contributed by atoms with Crippen LogP contribution in [0.5, 0.6) is 5.88 Å². The summed E-state index contributed by atoms with van der Waals surface area (Å²) in [4.78, 5) is 18.0. The molecule has 1 aliphatic rings. The average Bonchev–Trinajstić information content (AvgIpc) is 2.84. The second kappa shape index (κ2) is 9.22. The first-order chi connectivity index (χ1) is 16.4. The molecule has 0 saturated heterocycles. The quantitative estimate of drug-likeness (QED) is 0.289. The third-order valence-corrected chi connectivity index (χ3v) is 6.33. The van der Waals surface area contributed by atoms with E-state index in [4.69, 9.17) is 37.7 Å². The fourth-order valence-corrected chi connectivity index (χ4v) is 4.35. The van der Waals surface area contributed by atoms with Crippen molar-refractivity contribution in [3.8, 4) is 28.3 Å². The van der Waals surface area contributed by atoms with Gasteiger partial charge in [-0.3, -0.25) is 4.79 Å². The smallest absolute Gasteiger partial charge is 0.227 e. The molecule has 4 aromatic rings. The highest BCUT2D eigenvalue weighted by atomic mass is 35.5. The number of ether oxygens (including phenoxy) is 2. The fourth-order valence-electron chi connectivity index (χ4n) is 4.00. The number of nitrogens with zero attached hydrogens (tertiary/aromatic N) is 1. The Morgan fingerprint density at radius 1 is 0.912 bits per heavy atom. The van der Waals surface area contributed by atoms with Crippen molar-refractivity contribution in [3.63, 3.8) is 0 Å². The topological polar surface area (TPSA) is 48.4 Å². The second-order valence-electron chi connectivity index (χ2n) is 8.33. The summed E-state index contributed by atoms with van der Waals surface area (Å²) >= 11 is 12.6. The number of ketones is 1. The fraction of sp³-hybridized carbons (Fsp3) is 0.143. The lowest BCUT2D eigenvalue weighted by atomic mass is 9.94. The van der Waals surface area contributed by atoms with Crippen LogP contribution in [0.2, 0.25) is 10.0 Å². The molecule has 1 aliphatic heterocycles. The van der Waals surface area contributed by atoms with E-state index in [-0.39, 0.29) is 18.1 Å². The van der Waals surface area contributed by atoms with Gasteiger partial charge in [-0.1, -0.05) is 83.9 Å². The highest BCUT2D eigenvalue weighted by Crippen LogP contribution is 2.41. The molecule has 0 aliphatic carbocycles. The van der Waals surface area contributed by atoms with Crippen LogP contribution in [0.25, 0.3) is 22.4 Å². The zero-order valence-electron chi connectivity index (χ0n) is 18.4. The first kappa shape index (κ1) is 22.6. The Kier molecular flexibility index (Phi) is 6.13. The van der Waals surface area contributed by atoms with Gasteiger partial charge < -0.3 is 9.47 Å². The molecule has 1 unspecified atom stereocenters. The molecule has 4 nitrogen and oxygen atoms in total. The van der Waals surface area contributed by atoms with Crippen LogP contribution in [-0.4, -0.2) is 16.6 Å². The summed E-state index contributed by atoms with van der Waals surface area (Å²) in [6, 6.07) is 26.5. The van der Waals surface area contributed by atoms with Gasteiger partial charge >= 0.3 is 0 Å². The molecule has 170 valence electrons. The first-order valence-electron chi connectivity index (χ1n) is 10.9. The molecule has 0 saturated carbocycles. The average molecular weight is 490 g/mol. The molecule has 6 heteroatoms. The van der Waals surface area contributed by atoms with E-state index in [9.17, 15) is 4.79 Å². The molecule has 2 heterocycles. The van der Waals surface area contributed by atoms with E-state index >= 15 is 0 Å². The molecule has 0 spiro atoms. The van der Waals surface area contributed by atoms with Gasteiger partial charge in [0, 0.05) is 28.1 Å². The number of rotatable bonds is 5. The Morgan fingerprint density at radius 2 is 1.62 bits per heavy atom. The van der Waals surface area contributed by atoms with Crippen molar-refractivity contribution in [2.75, 3.05) is 0 Å². The number of halogens is 2. The van der Waals surface area contributed by atoms with Gasteiger partial charge in [0.05, 0.1) is 24.3 Å². The molecule has 0 bridgehead atoms. The molecule has 0 fully saturated rings. The zero-order chi connectivity index (χ0) is 23.7. The lowest BCUT2D eigenvalue weighted by Crippen LogP contribution is -2.42. The van der Waals surface area contributed by atoms with Crippen molar-refractivity contribution < 1.29 is 14.3 Å². The van der Waals surface area contributed by atoms with E-state index in [0.29, 0.717) is 27.9 Å². The summed E-state index contributed by atoms with van der Waals surface area (Å²) in [7, 11) is 0. The van der Waals surface area contributed by atoms with Gasteiger partial charge in [0.15, 0.2) is 5.78 Å². The number of hydrogen-bond acceptors (Lipinski definition) is 4. The minimum absolute atomic E-state index is 0.0833. The predicted molar refractivity (Wildman–Crippen MR) is 134 cm³/mol. The number of aromatic nitrogens is 1. The summed E-state index contributed by atoms with van der Waals surface area (Å²) < 4.78 is 12.3. The van der Waals surface area contributed by atoms with E-state index in [2.05, 4.69) is 0 Å². The maximum Gasteiger partial charge on any atom is 0.227 e. The summed E-state index contributed by atoms with van der Waals surface area (Å²) in [6.45, 7) is 2.08. The summed E-state index contributed by atoms with van der Waals surface area (Å²) in [6.07, 6.45) is 0.0833. The molecule has 34 heavy (non-hydrogen) atoms. The van der Waals surface area contributed by atoms with Crippen molar-refractivity contribution >= 4 is 29.0 Å². The standard InChI is InChI=1S/C28H21Cl2NO3/c1-28(33-17-18-7-3-2-4-8-18)16-25(32)23-15-22(19-11-13-20(29)14-12-19)26(31-27(23)34-28)21-9-5-6-10-24(21)30/h2-15H,16-17H2,1H3. The largest absolute Gasteiger partial charge is 0.444 e. The monoisotopic (exact) mass is 489 g/mol. The van der Waals surface area contributed by atoms with Crippen LogP contribution in [0.4, 0.5) is 0 Å². The van der Waals surface area contributed by atoms with E-state index in [1.807, 2.05) is 72.8 Å². The van der Waals surface area contributed by atoms with Crippen LogP contribution in [-0.2, 0) is 11.3 Å². The first-order valence-corrected chi connectivity index (χ1v) is 11.6. The van der Waals surface area contributed by atoms with Crippen LogP contribution >= 0.6 is 23.2 Å². The Labute approximate surface area is 208 Å². The van der Waals surface area contributed by atoms with Crippen LogP contribution in [0, 0.1) is 0 Å². The Morgan fingerprint density at radius 3 is 2.35 bits per heavy atom. The molecule has 5 rings (SSSR count). The summed E-state index contributed by atoms with van der Waals surface area (Å²) in [5, 5.41) is 1.18. The summed E-state index contributed by atoms with van der Waals surface area (Å²) in [5.74, 6) is -0.989. The van der Waals surface area contributed by atoms with E-state index in [1.165, 1.54) is 0 Å². The lowest BCUT2D eigenvalue weighted by molar-refractivity contribution is -0.180. The highest BCUT2D eigenvalue weighted by Gasteiger charge is 2.39. The van der Waals surface area contributed by atoms with Crippen LogP contribution < -0.4 is 4.74 Å². The molecule has 0 radical (unpaired) electrons. The highest BCUT2D eigenvalue weighted by molar-refractivity contribution is 6.33. The van der Waals surface area contributed by atoms with Gasteiger partial charge in [0.2, 0.25) is 11.7 Å². The van der Waals surface area contributed by atoms with Crippen molar-refractivity contribution in [1.82, 2.24) is 4.98 Å². The van der Waals surface area contributed by atoms with Crippen LogP contribution in [0.3, 0.4) is 0 Å². The number of pyridine rings is 1. The number of fused-ring (bicyclic) bond motifs is 1. The van der Waals surface area contributed by atoms with Crippen molar-refractivity contribution in [1.29, 1.82) is 0 Å². The van der Waals surface area contributed by atoms with Crippen molar-refractivity contribution in [2.45, 2.75) is 25.7 Å². The Balaban J connectivity index is 1.57. The number of carbonyl (C=O) groups excluding carboxylic acids is 1. The summed E-state index contributed by atoms with van der Waals surface area (Å²) in [5.41, 5.74) is 4.41. The van der Waals surface area contributed by atoms with Crippen molar-refractivity contribution in [3.05, 3.63) is 106 Å². The molecule has 0 N–H and O–H groups in total. The van der Waals surface area contributed by atoms with E-state index in [1.54, 1.807) is 19.1 Å². The van der Waals surface area contributed by atoms with Crippen LogP contribution in [0.15, 0.2) is 84.9 Å². The van der Waals surface area contributed by atoms with Gasteiger partial charge in [-0.05, 0) is 35.4 Å². The molecular formula is C28H21Cl2NO3. The molecule has 3 aromatic carbocycles. The molecule has 0 amide bonds. The minimum Gasteiger partial charge on any atom is -0.444 e. The van der Waals surface area contributed by atoms with Gasteiger partial charge in [-0.2, -0.15) is 0 Å². The maximum absolute atomic E-state index is 13.2. The predicted octanol–water partition coefficient (Wildman–Crippen LogP) is 7.62. The van der Waals surface area contributed by atoms with E-state index in [0.717, 1.165) is 22.3 Å². The molecular weight excluding hydrogens is 469 g/mol. The zero-order valence-corrected chi connectivity index (χ0v) is 19.9. The Hall–Kier alpha value is -3.18. The van der Waals surface area contributed by atoms with Gasteiger partial charge in [-0.25, -0.2) is 4.98 Å². The molecule has 1 aromatic heterocycles. The third-order valence-electron chi connectivity index (χ3n) is 5.75. The SMILES string of the molecule is CC1(OCc2ccccc2)CC(=O)c2cc(-c3ccc(Cl)cc3)c(-c3ccccc3Cl)nc2O1. The normalized spacial score (nSPS) is 17.2. The van der Waals surface area contributed by atoms with Gasteiger partial charge in [-0.15, -0.1) is 0 Å². The second-order valence-corrected chi connectivity index (χ2v) is 9.18. The number of Topliss-reactive ketones (excluding diaryl/α,β-unsaturated/α-hetero) is 1. The van der Waals surface area contributed by atoms with E-state index < -0.39 is 5.79 Å². The Bertz CT molecular complexity index is 1360. The van der Waals surface area contributed by atoms with Gasteiger partial charge in [0.25, 0.3) is 0 Å². The minimum atomic E-state index is -1.13. The number of hydrogen-bond donors (Lipinski definition) is 0.